The van der Waals surface area contributed by atoms with Gasteiger partial charge in [0.25, 0.3) is 0 Å². The van der Waals surface area contributed by atoms with Gasteiger partial charge in [-0.05, 0) is 38.3 Å². The average molecular weight is 276 g/mol. The number of rotatable bonds is 3. The van der Waals surface area contributed by atoms with Gasteiger partial charge in [-0.25, -0.2) is 13.1 Å². The Kier molecular flexibility index (Phi) is 3.10. The van der Waals surface area contributed by atoms with Crippen LogP contribution in [0.25, 0.3) is 0 Å². The van der Waals surface area contributed by atoms with Gasteiger partial charge in [-0.1, -0.05) is 17.7 Å². The summed E-state index contributed by atoms with van der Waals surface area (Å²) >= 11 is 5.70. The summed E-state index contributed by atoms with van der Waals surface area (Å²) in [7, 11) is -3.72. The van der Waals surface area contributed by atoms with Crippen LogP contribution in [-0.2, 0) is 10.0 Å². The van der Waals surface area contributed by atoms with E-state index in [0.29, 0.717) is 0 Å². The van der Waals surface area contributed by atoms with Gasteiger partial charge >= 0.3 is 0 Å². The van der Waals surface area contributed by atoms with E-state index in [0.717, 1.165) is 19.3 Å². The highest BCUT2D eigenvalue weighted by Gasteiger charge is 2.37. The molecule has 1 fully saturated rings. The van der Waals surface area contributed by atoms with Gasteiger partial charge in [-0.2, -0.15) is 0 Å². The van der Waals surface area contributed by atoms with E-state index < -0.39 is 21.3 Å². The first-order valence-corrected chi connectivity index (χ1v) is 7.22. The largest absolute Gasteiger partial charge is 0.505 e. The van der Waals surface area contributed by atoms with Crippen LogP contribution in [0.4, 0.5) is 0 Å². The molecule has 2 N–H and O–H groups in total. The molecule has 94 valence electrons. The summed E-state index contributed by atoms with van der Waals surface area (Å²) in [6, 6.07) is 4.28. The SMILES string of the molecule is CC1(NS(=O)(=O)c2cccc(Cl)c2O)CCC1. The molecule has 0 aromatic heterocycles. The second-order valence-electron chi connectivity index (χ2n) is 4.61. The molecule has 17 heavy (non-hydrogen) atoms. The Labute approximate surface area is 106 Å². The zero-order valence-electron chi connectivity index (χ0n) is 9.40. The number of hydrogen-bond acceptors (Lipinski definition) is 3. The standard InChI is InChI=1S/C11H14ClNO3S/c1-11(6-3-7-11)13-17(15,16)9-5-2-4-8(12)10(9)14/h2,4-5,13-14H,3,6-7H2,1H3. The molecule has 0 amide bonds. The molecule has 1 aromatic carbocycles. The van der Waals surface area contributed by atoms with Crippen LogP contribution >= 0.6 is 11.6 Å². The monoisotopic (exact) mass is 275 g/mol. The predicted octanol–water partition coefficient (Wildman–Crippen LogP) is 2.27. The van der Waals surface area contributed by atoms with Crippen LogP contribution in [0.2, 0.25) is 5.02 Å². The molecule has 0 atom stereocenters. The Balaban J connectivity index is 2.35. The molecule has 0 radical (unpaired) electrons. The lowest BCUT2D eigenvalue weighted by Gasteiger charge is -2.38. The van der Waals surface area contributed by atoms with Gasteiger partial charge in [0.2, 0.25) is 10.0 Å². The summed E-state index contributed by atoms with van der Waals surface area (Å²) in [6.07, 6.45) is 2.64. The third kappa shape index (κ3) is 2.41. The zero-order valence-corrected chi connectivity index (χ0v) is 11.0. The summed E-state index contributed by atoms with van der Waals surface area (Å²) in [4.78, 5) is -0.168. The lowest BCUT2D eigenvalue weighted by Crippen LogP contribution is -2.50. The molecule has 1 aliphatic carbocycles. The summed E-state index contributed by atoms with van der Waals surface area (Å²) in [6.45, 7) is 1.86. The lowest BCUT2D eigenvalue weighted by atomic mass is 9.80. The lowest BCUT2D eigenvalue weighted by molar-refractivity contribution is 0.247. The molecule has 1 saturated carbocycles. The first kappa shape index (κ1) is 12.7. The van der Waals surface area contributed by atoms with Crippen molar-refractivity contribution < 1.29 is 13.5 Å². The maximum absolute atomic E-state index is 12.1. The molecular weight excluding hydrogens is 262 g/mol. The summed E-state index contributed by atoms with van der Waals surface area (Å²) in [5, 5.41) is 9.70. The van der Waals surface area contributed by atoms with Crippen molar-refractivity contribution in [2.24, 2.45) is 0 Å². The predicted molar refractivity (Wildman–Crippen MR) is 65.7 cm³/mol. The topological polar surface area (TPSA) is 66.4 Å². The maximum atomic E-state index is 12.1. The molecule has 2 rings (SSSR count). The molecule has 0 saturated heterocycles. The first-order valence-electron chi connectivity index (χ1n) is 5.36. The van der Waals surface area contributed by atoms with E-state index >= 15 is 0 Å². The number of hydrogen-bond donors (Lipinski definition) is 2. The van der Waals surface area contributed by atoms with Crippen molar-refractivity contribution in [3.8, 4) is 5.75 Å². The molecule has 6 heteroatoms. The van der Waals surface area contributed by atoms with Crippen molar-refractivity contribution in [2.75, 3.05) is 0 Å². The summed E-state index contributed by atoms with van der Waals surface area (Å²) in [5.41, 5.74) is -0.395. The van der Waals surface area contributed by atoms with E-state index in [9.17, 15) is 13.5 Å². The number of aromatic hydroxyl groups is 1. The number of phenols is 1. The second-order valence-corrected chi connectivity index (χ2v) is 6.66. The molecule has 0 heterocycles. The van der Waals surface area contributed by atoms with E-state index in [1.807, 2.05) is 6.92 Å². The van der Waals surface area contributed by atoms with E-state index in [1.54, 1.807) is 0 Å². The molecule has 1 aliphatic rings. The van der Waals surface area contributed by atoms with Gasteiger partial charge < -0.3 is 5.11 Å². The highest BCUT2D eigenvalue weighted by Crippen LogP contribution is 2.35. The molecule has 4 nitrogen and oxygen atoms in total. The molecule has 1 aromatic rings. The number of para-hydroxylation sites is 1. The molecule has 0 unspecified atom stereocenters. The van der Waals surface area contributed by atoms with Crippen LogP contribution in [0.5, 0.6) is 5.75 Å². The fourth-order valence-electron chi connectivity index (χ4n) is 1.90. The quantitative estimate of drug-likeness (QED) is 0.889. The van der Waals surface area contributed by atoms with Gasteiger partial charge in [-0.15, -0.1) is 0 Å². The summed E-state index contributed by atoms with van der Waals surface area (Å²) < 4.78 is 26.8. The molecule has 0 spiro atoms. The van der Waals surface area contributed by atoms with Crippen LogP contribution < -0.4 is 4.72 Å². The highest BCUT2D eigenvalue weighted by atomic mass is 35.5. The normalized spacial score (nSPS) is 18.7. The Morgan fingerprint density at radius 3 is 2.59 bits per heavy atom. The third-order valence-corrected chi connectivity index (χ3v) is 5.05. The Morgan fingerprint density at radius 2 is 2.06 bits per heavy atom. The summed E-state index contributed by atoms with van der Waals surface area (Å²) in [5.74, 6) is -0.399. The number of phenolic OH excluding ortho intramolecular Hbond substituents is 1. The number of sulfonamides is 1. The van der Waals surface area contributed by atoms with Crippen molar-refractivity contribution in [2.45, 2.75) is 36.6 Å². The van der Waals surface area contributed by atoms with Gasteiger partial charge in [0.05, 0.1) is 5.02 Å². The van der Waals surface area contributed by atoms with E-state index in [-0.39, 0.29) is 9.92 Å². The van der Waals surface area contributed by atoms with Gasteiger partial charge in [0, 0.05) is 5.54 Å². The highest BCUT2D eigenvalue weighted by molar-refractivity contribution is 7.89. The van der Waals surface area contributed by atoms with Crippen molar-refractivity contribution in [3.05, 3.63) is 23.2 Å². The smallest absolute Gasteiger partial charge is 0.244 e. The molecular formula is C11H14ClNO3S. The van der Waals surface area contributed by atoms with Gasteiger partial charge in [-0.3, -0.25) is 0 Å². The maximum Gasteiger partial charge on any atom is 0.244 e. The average Bonchev–Trinajstić information content (AvgIpc) is 2.19. The van der Waals surface area contributed by atoms with Gasteiger partial charge in [0.15, 0.2) is 5.75 Å². The Morgan fingerprint density at radius 1 is 1.41 bits per heavy atom. The number of nitrogens with one attached hydrogen (secondary N) is 1. The zero-order chi connectivity index (χ0) is 12.7. The third-order valence-electron chi connectivity index (χ3n) is 3.08. The van der Waals surface area contributed by atoms with Crippen molar-refractivity contribution in [1.29, 1.82) is 0 Å². The minimum absolute atomic E-state index is 0.0339. The van der Waals surface area contributed by atoms with Gasteiger partial charge in [0.1, 0.15) is 4.90 Å². The minimum atomic E-state index is -3.72. The fourth-order valence-corrected chi connectivity index (χ4v) is 3.72. The van der Waals surface area contributed by atoms with Crippen LogP contribution in [0.1, 0.15) is 26.2 Å². The van der Waals surface area contributed by atoms with Crippen LogP contribution in [0, 0.1) is 0 Å². The van der Waals surface area contributed by atoms with Crippen LogP contribution in [-0.4, -0.2) is 19.1 Å². The van der Waals surface area contributed by atoms with Crippen molar-refractivity contribution >= 4 is 21.6 Å². The van der Waals surface area contributed by atoms with Crippen LogP contribution in [0.3, 0.4) is 0 Å². The Hall–Kier alpha value is -0.780. The minimum Gasteiger partial charge on any atom is -0.505 e. The second kappa shape index (κ2) is 4.15. The fraction of sp³-hybridized carbons (Fsp3) is 0.455. The number of halogens is 1. The van der Waals surface area contributed by atoms with Crippen molar-refractivity contribution in [3.63, 3.8) is 0 Å². The van der Waals surface area contributed by atoms with E-state index in [2.05, 4.69) is 4.72 Å². The van der Waals surface area contributed by atoms with Crippen molar-refractivity contribution in [1.82, 2.24) is 4.72 Å². The molecule has 0 bridgehead atoms. The first-order chi connectivity index (χ1) is 7.84. The van der Waals surface area contributed by atoms with E-state index in [1.165, 1.54) is 18.2 Å². The van der Waals surface area contributed by atoms with Crippen LogP contribution in [0.15, 0.2) is 23.1 Å². The van der Waals surface area contributed by atoms with E-state index in [4.69, 9.17) is 11.6 Å². The number of benzene rings is 1. The Bertz CT molecular complexity index is 538. The molecule has 0 aliphatic heterocycles.